The van der Waals surface area contributed by atoms with Crippen LogP contribution in [0.2, 0.25) is 0 Å². The number of hydrogen-bond donors (Lipinski definition) is 1. The van der Waals surface area contributed by atoms with Crippen molar-refractivity contribution in [1.82, 2.24) is 4.90 Å². The summed E-state index contributed by atoms with van der Waals surface area (Å²) in [5, 5.41) is 20.3. The zero-order valence-corrected chi connectivity index (χ0v) is 12.9. The molecule has 1 fully saturated rings. The Hall–Kier alpha value is -0.980. The van der Waals surface area contributed by atoms with Gasteiger partial charge in [0.25, 0.3) is 5.69 Å². The van der Waals surface area contributed by atoms with Crippen LogP contribution >= 0.6 is 15.9 Å². The van der Waals surface area contributed by atoms with Crippen LogP contribution in [0.15, 0.2) is 22.7 Å². The number of hydrogen-bond acceptors (Lipinski definition) is 4. The van der Waals surface area contributed by atoms with Crippen LogP contribution in [-0.4, -0.2) is 34.1 Å². The number of nitrogens with zero attached hydrogens (tertiary/aromatic N) is 2. The summed E-state index contributed by atoms with van der Waals surface area (Å²) in [6.07, 6.45) is 4.09. The molecule has 20 heavy (non-hydrogen) atoms. The Morgan fingerprint density at radius 2 is 2.25 bits per heavy atom. The predicted molar refractivity (Wildman–Crippen MR) is 80.5 cm³/mol. The Labute approximate surface area is 126 Å². The summed E-state index contributed by atoms with van der Waals surface area (Å²) in [7, 11) is 0. The van der Waals surface area contributed by atoms with E-state index in [1.165, 1.54) is 6.42 Å². The molecule has 2 rings (SSSR count). The van der Waals surface area contributed by atoms with Crippen LogP contribution in [0.3, 0.4) is 0 Å². The fourth-order valence-corrected chi connectivity index (χ4v) is 3.15. The Morgan fingerprint density at radius 1 is 1.45 bits per heavy atom. The average molecular weight is 343 g/mol. The van der Waals surface area contributed by atoms with Crippen LogP contribution in [0, 0.1) is 10.1 Å². The molecule has 0 aliphatic carbocycles. The van der Waals surface area contributed by atoms with Gasteiger partial charge in [0.1, 0.15) is 0 Å². The number of piperidine rings is 1. The Balaban J connectivity index is 2.17. The number of benzene rings is 1. The van der Waals surface area contributed by atoms with Crippen molar-refractivity contribution in [3.8, 4) is 0 Å². The maximum atomic E-state index is 11.1. The fraction of sp³-hybridized carbons (Fsp3) is 0.571. The highest BCUT2D eigenvalue weighted by atomic mass is 79.9. The molecule has 1 heterocycles. The lowest BCUT2D eigenvalue weighted by atomic mass is 9.98. The maximum absolute atomic E-state index is 11.1. The quantitative estimate of drug-likeness (QED) is 0.659. The van der Waals surface area contributed by atoms with Gasteiger partial charge < -0.3 is 5.11 Å². The van der Waals surface area contributed by atoms with Crippen molar-refractivity contribution in [3.63, 3.8) is 0 Å². The smallest absolute Gasteiger partial charge is 0.275 e. The van der Waals surface area contributed by atoms with Gasteiger partial charge in [-0.3, -0.25) is 15.0 Å². The lowest BCUT2D eigenvalue weighted by molar-refractivity contribution is -0.385. The molecule has 1 atom stereocenters. The third-order valence-corrected chi connectivity index (χ3v) is 4.32. The zero-order chi connectivity index (χ0) is 14.5. The van der Waals surface area contributed by atoms with Gasteiger partial charge in [-0.15, -0.1) is 0 Å². The number of rotatable bonds is 5. The summed E-state index contributed by atoms with van der Waals surface area (Å²) in [4.78, 5) is 13.1. The number of aliphatic hydroxyl groups excluding tert-OH is 1. The highest BCUT2D eigenvalue weighted by molar-refractivity contribution is 9.10. The molecule has 0 spiro atoms. The van der Waals surface area contributed by atoms with Gasteiger partial charge in [0, 0.05) is 35.3 Å². The zero-order valence-electron chi connectivity index (χ0n) is 11.3. The van der Waals surface area contributed by atoms with Gasteiger partial charge in [0.2, 0.25) is 0 Å². The minimum Gasteiger partial charge on any atom is -0.396 e. The molecule has 110 valence electrons. The molecule has 0 bridgehead atoms. The first kappa shape index (κ1) is 15.4. The second-order valence-corrected chi connectivity index (χ2v) is 6.08. The highest BCUT2D eigenvalue weighted by Crippen LogP contribution is 2.28. The number of nitro groups is 1. The number of likely N-dealkylation sites (tertiary alicyclic amines) is 1. The molecule has 0 aromatic heterocycles. The van der Waals surface area contributed by atoms with Crippen molar-refractivity contribution in [2.45, 2.75) is 38.3 Å². The van der Waals surface area contributed by atoms with E-state index in [0.717, 1.165) is 35.8 Å². The molecule has 1 N–H and O–H groups in total. The first-order valence-electron chi connectivity index (χ1n) is 6.89. The number of halogens is 1. The Bertz CT molecular complexity index is 479. The molecular formula is C14H19BrN2O3. The molecule has 5 nitrogen and oxygen atoms in total. The largest absolute Gasteiger partial charge is 0.396 e. The van der Waals surface area contributed by atoms with Crippen molar-refractivity contribution < 1.29 is 10.0 Å². The van der Waals surface area contributed by atoms with E-state index in [9.17, 15) is 10.1 Å². The fourth-order valence-electron chi connectivity index (χ4n) is 2.80. The van der Waals surface area contributed by atoms with Gasteiger partial charge in [-0.1, -0.05) is 22.4 Å². The topological polar surface area (TPSA) is 66.6 Å². The van der Waals surface area contributed by atoms with Crippen molar-refractivity contribution in [2.75, 3.05) is 13.2 Å². The molecular weight excluding hydrogens is 324 g/mol. The molecule has 0 radical (unpaired) electrons. The van der Waals surface area contributed by atoms with E-state index in [0.29, 0.717) is 12.6 Å². The van der Waals surface area contributed by atoms with E-state index in [4.69, 9.17) is 5.11 Å². The van der Waals surface area contributed by atoms with E-state index in [1.54, 1.807) is 6.07 Å². The summed E-state index contributed by atoms with van der Waals surface area (Å²) >= 11 is 3.28. The maximum Gasteiger partial charge on any atom is 0.275 e. The molecule has 1 saturated heterocycles. The van der Waals surface area contributed by atoms with Gasteiger partial charge in [-0.2, -0.15) is 0 Å². The van der Waals surface area contributed by atoms with Crippen molar-refractivity contribution in [2.24, 2.45) is 0 Å². The lowest BCUT2D eigenvalue weighted by Gasteiger charge is -2.35. The van der Waals surface area contributed by atoms with Gasteiger partial charge in [-0.05, 0) is 37.9 Å². The van der Waals surface area contributed by atoms with Crippen molar-refractivity contribution >= 4 is 21.6 Å². The summed E-state index contributed by atoms with van der Waals surface area (Å²) < 4.78 is 0.721. The molecule has 6 heteroatoms. The van der Waals surface area contributed by atoms with Crippen LogP contribution in [0.25, 0.3) is 0 Å². The summed E-state index contributed by atoms with van der Waals surface area (Å²) in [5.41, 5.74) is 0.899. The van der Waals surface area contributed by atoms with E-state index >= 15 is 0 Å². The lowest BCUT2D eigenvalue weighted by Crippen LogP contribution is -2.39. The van der Waals surface area contributed by atoms with Crippen molar-refractivity contribution in [3.05, 3.63) is 38.3 Å². The Kier molecular flexibility index (Phi) is 5.51. The van der Waals surface area contributed by atoms with E-state index in [1.807, 2.05) is 12.1 Å². The first-order valence-corrected chi connectivity index (χ1v) is 7.69. The predicted octanol–water partition coefficient (Wildman–Crippen LogP) is 3.09. The van der Waals surface area contributed by atoms with Gasteiger partial charge in [-0.25, -0.2) is 0 Å². The third kappa shape index (κ3) is 3.77. The van der Waals surface area contributed by atoms with E-state index in [2.05, 4.69) is 20.8 Å². The molecule has 0 saturated carbocycles. The minimum atomic E-state index is -0.328. The number of aliphatic hydroxyl groups is 1. The van der Waals surface area contributed by atoms with Gasteiger partial charge >= 0.3 is 0 Å². The summed E-state index contributed by atoms with van der Waals surface area (Å²) in [6.45, 7) is 1.69. The second kappa shape index (κ2) is 7.15. The standard InChI is InChI=1S/C14H19BrN2O3/c15-12-5-4-11(14(9-12)17(19)20)10-16-7-2-1-3-13(16)6-8-18/h4-5,9,13,18H,1-3,6-8,10H2. The summed E-state index contributed by atoms with van der Waals surface area (Å²) in [6, 6.07) is 5.54. The molecule has 1 aromatic carbocycles. The summed E-state index contributed by atoms with van der Waals surface area (Å²) in [5.74, 6) is 0. The average Bonchev–Trinajstić information content (AvgIpc) is 2.43. The van der Waals surface area contributed by atoms with Crippen LogP contribution in [0.1, 0.15) is 31.2 Å². The molecule has 1 aliphatic rings. The molecule has 1 aliphatic heterocycles. The SMILES string of the molecule is O=[N+]([O-])c1cc(Br)ccc1CN1CCCCC1CCO. The van der Waals surface area contributed by atoms with Crippen LogP contribution in [-0.2, 0) is 6.54 Å². The van der Waals surface area contributed by atoms with E-state index in [-0.39, 0.29) is 17.2 Å². The normalized spacial score (nSPS) is 20.0. The monoisotopic (exact) mass is 342 g/mol. The third-order valence-electron chi connectivity index (χ3n) is 3.83. The molecule has 1 aromatic rings. The number of nitro benzene ring substituents is 1. The van der Waals surface area contributed by atoms with Gasteiger partial charge in [0.05, 0.1) is 4.92 Å². The first-order chi connectivity index (χ1) is 9.61. The van der Waals surface area contributed by atoms with Crippen LogP contribution < -0.4 is 0 Å². The van der Waals surface area contributed by atoms with Crippen molar-refractivity contribution in [1.29, 1.82) is 0 Å². The van der Waals surface area contributed by atoms with Crippen LogP contribution in [0.5, 0.6) is 0 Å². The Morgan fingerprint density at radius 3 is 2.95 bits per heavy atom. The second-order valence-electron chi connectivity index (χ2n) is 5.16. The van der Waals surface area contributed by atoms with Crippen LogP contribution in [0.4, 0.5) is 5.69 Å². The van der Waals surface area contributed by atoms with E-state index < -0.39 is 0 Å². The highest BCUT2D eigenvalue weighted by Gasteiger charge is 2.24. The molecule has 1 unspecified atom stereocenters. The minimum absolute atomic E-state index is 0.160. The molecule has 0 amide bonds. The van der Waals surface area contributed by atoms with Gasteiger partial charge in [0.15, 0.2) is 0 Å².